The quantitative estimate of drug-likeness (QED) is 0.636. The molecule has 1 aromatic carbocycles. The second kappa shape index (κ2) is 6.29. The molecule has 0 aliphatic heterocycles. The van der Waals surface area contributed by atoms with Gasteiger partial charge in [-0.3, -0.25) is 5.84 Å². The van der Waals surface area contributed by atoms with Crippen LogP contribution in [0.15, 0.2) is 22.8 Å². The number of hydrogen-bond acceptors (Lipinski definition) is 7. The van der Waals surface area contributed by atoms with Crippen molar-refractivity contribution in [2.75, 3.05) is 14.2 Å². The van der Waals surface area contributed by atoms with E-state index < -0.39 is 0 Å². The Morgan fingerprint density at radius 3 is 2.68 bits per heavy atom. The van der Waals surface area contributed by atoms with Crippen molar-refractivity contribution < 1.29 is 9.47 Å². The van der Waals surface area contributed by atoms with Crippen molar-refractivity contribution in [3.63, 3.8) is 0 Å². The Labute approximate surface area is 123 Å². The van der Waals surface area contributed by atoms with Crippen LogP contribution in [0, 0.1) is 0 Å². The van der Waals surface area contributed by atoms with E-state index in [0.29, 0.717) is 11.5 Å². The molecular formula is C11H13BrN4O2S. The van der Waals surface area contributed by atoms with Gasteiger partial charge in [0.2, 0.25) is 0 Å². The van der Waals surface area contributed by atoms with Gasteiger partial charge >= 0.3 is 0 Å². The highest BCUT2D eigenvalue weighted by molar-refractivity contribution is 9.10. The van der Waals surface area contributed by atoms with Gasteiger partial charge in [-0.2, -0.15) is 0 Å². The minimum absolute atomic E-state index is 0.239. The molecule has 6 nitrogen and oxygen atoms in total. The van der Waals surface area contributed by atoms with Crippen LogP contribution < -0.4 is 20.7 Å². The SMILES string of the molecule is COc1ccc(C(NN)c2cnns2)c(OC)c1Br. The summed E-state index contributed by atoms with van der Waals surface area (Å²) in [4.78, 5) is 0.901. The normalized spacial score (nSPS) is 12.2. The number of benzene rings is 1. The summed E-state index contributed by atoms with van der Waals surface area (Å²) in [5.74, 6) is 7.00. The average molecular weight is 345 g/mol. The monoisotopic (exact) mass is 344 g/mol. The topological polar surface area (TPSA) is 82.3 Å². The first-order valence-corrected chi connectivity index (χ1v) is 6.93. The first-order chi connectivity index (χ1) is 9.22. The maximum absolute atomic E-state index is 5.64. The van der Waals surface area contributed by atoms with Gasteiger partial charge < -0.3 is 9.47 Å². The summed E-state index contributed by atoms with van der Waals surface area (Å²) in [6, 6.07) is 3.50. The first-order valence-electron chi connectivity index (χ1n) is 5.36. The lowest BCUT2D eigenvalue weighted by molar-refractivity contribution is 0.383. The van der Waals surface area contributed by atoms with Crippen LogP contribution in [0.2, 0.25) is 0 Å². The van der Waals surface area contributed by atoms with Crippen molar-refractivity contribution in [1.29, 1.82) is 0 Å². The Bertz CT molecular complexity index is 550. The van der Waals surface area contributed by atoms with Crippen molar-refractivity contribution in [3.05, 3.63) is 33.2 Å². The zero-order valence-corrected chi connectivity index (χ0v) is 12.8. The third-order valence-corrected chi connectivity index (χ3v) is 4.14. The Morgan fingerprint density at radius 1 is 1.37 bits per heavy atom. The molecule has 1 unspecified atom stereocenters. The van der Waals surface area contributed by atoms with Crippen LogP contribution in [0.4, 0.5) is 0 Å². The number of methoxy groups -OCH3 is 2. The molecule has 102 valence electrons. The van der Waals surface area contributed by atoms with Gasteiger partial charge in [0.25, 0.3) is 0 Å². The molecule has 19 heavy (non-hydrogen) atoms. The van der Waals surface area contributed by atoms with Crippen molar-refractivity contribution in [2.24, 2.45) is 5.84 Å². The van der Waals surface area contributed by atoms with Crippen LogP contribution in [-0.4, -0.2) is 23.8 Å². The molecule has 0 saturated carbocycles. The van der Waals surface area contributed by atoms with E-state index in [4.69, 9.17) is 15.3 Å². The van der Waals surface area contributed by atoms with E-state index in [1.165, 1.54) is 11.5 Å². The lowest BCUT2D eigenvalue weighted by atomic mass is 10.0. The Morgan fingerprint density at radius 2 is 2.16 bits per heavy atom. The zero-order chi connectivity index (χ0) is 13.8. The molecule has 0 bridgehead atoms. The molecule has 0 amide bonds. The van der Waals surface area contributed by atoms with E-state index in [9.17, 15) is 0 Å². The van der Waals surface area contributed by atoms with E-state index >= 15 is 0 Å². The number of rotatable bonds is 5. The summed E-state index contributed by atoms with van der Waals surface area (Å²) in [7, 11) is 3.20. The lowest BCUT2D eigenvalue weighted by Gasteiger charge is -2.19. The molecule has 1 aromatic heterocycles. The number of halogens is 1. The molecule has 0 saturated heterocycles. The minimum Gasteiger partial charge on any atom is -0.495 e. The van der Waals surface area contributed by atoms with Crippen LogP contribution in [0.25, 0.3) is 0 Å². The number of nitrogens with one attached hydrogen (secondary N) is 1. The van der Waals surface area contributed by atoms with Gasteiger partial charge in [-0.1, -0.05) is 4.49 Å². The fourth-order valence-corrected chi connectivity index (χ4v) is 3.04. The van der Waals surface area contributed by atoms with Crippen molar-refractivity contribution in [1.82, 2.24) is 15.0 Å². The van der Waals surface area contributed by atoms with Gasteiger partial charge in [0, 0.05) is 5.56 Å². The van der Waals surface area contributed by atoms with Crippen LogP contribution in [0.1, 0.15) is 16.5 Å². The highest BCUT2D eigenvalue weighted by Crippen LogP contribution is 2.41. The van der Waals surface area contributed by atoms with Gasteiger partial charge in [-0.15, -0.1) is 5.10 Å². The summed E-state index contributed by atoms with van der Waals surface area (Å²) in [5.41, 5.74) is 3.63. The van der Waals surface area contributed by atoms with Crippen molar-refractivity contribution in [3.8, 4) is 11.5 Å². The number of hydrazine groups is 1. The highest BCUT2D eigenvalue weighted by atomic mass is 79.9. The molecule has 1 heterocycles. The van der Waals surface area contributed by atoms with Crippen molar-refractivity contribution >= 4 is 27.5 Å². The molecule has 0 radical (unpaired) electrons. The molecule has 8 heteroatoms. The number of nitrogens with two attached hydrogens (primary N) is 1. The Balaban J connectivity index is 2.52. The number of ether oxygens (including phenoxy) is 2. The summed E-state index contributed by atoms with van der Waals surface area (Å²) in [6.07, 6.45) is 1.67. The molecule has 0 aliphatic carbocycles. The average Bonchev–Trinajstić information content (AvgIpc) is 2.94. The molecular weight excluding hydrogens is 332 g/mol. The standard InChI is InChI=1S/C11H13BrN4O2S/c1-17-7-4-3-6(11(18-2)9(7)12)10(15-13)8-5-14-16-19-8/h3-5,10,15H,13H2,1-2H3. The zero-order valence-electron chi connectivity index (χ0n) is 10.4. The molecule has 0 fully saturated rings. The van der Waals surface area contributed by atoms with Gasteiger partial charge in [0.15, 0.2) is 0 Å². The fourth-order valence-electron chi connectivity index (χ4n) is 1.77. The summed E-state index contributed by atoms with van der Waals surface area (Å²) >= 11 is 4.75. The summed E-state index contributed by atoms with van der Waals surface area (Å²) < 4.78 is 15.3. The van der Waals surface area contributed by atoms with E-state index in [1.54, 1.807) is 20.4 Å². The largest absolute Gasteiger partial charge is 0.495 e. The lowest BCUT2D eigenvalue weighted by Crippen LogP contribution is -2.28. The maximum Gasteiger partial charge on any atom is 0.142 e. The third-order valence-electron chi connectivity index (χ3n) is 2.66. The molecule has 2 aromatic rings. The molecule has 3 N–H and O–H groups in total. The van der Waals surface area contributed by atoms with Crippen LogP contribution in [0.3, 0.4) is 0 Å². The van der Waals surface area contributed by atoms with E-state index in [1.807, 2.05) is 12.1 Å². The van der Waals surface area contributed by atoms with Crippen LogP contribution in [-0.2, 0) is 0 Å². The van der Waals surface area contributed by atoms with Gasteiger partial charge in [-0.05, 0) is 39.6 Å². The molecule has 2 rings (SSSR count). The maximum atomic E-state index is 5.64. The van der Waals surface area contributed by atoms with Gasteiger partial charge in [0.05, 0.1) is 31.3 Å². The predicted octanol–water partition coefficient (Wildman–Crippen LogP) is 1.87. The predicted molar refractivity (Wildman–Crippen MR) is 76.3 cm³/mol. The summed E-state index contributed by atoms with van der Waals surface area (Å²) in [6.45, 7) is 0. The van der Waals surface area contributed by atoms with Crippen molar-refractivity contribution in [2.45, 2.75) is 6.04 Å². The number of nitrogens with zero attached hydrogens (tertiary/aromatic N) is 2. The Kier molecular flexibility index (Phi) is 4.70. The minimum atomic E-state index is -0.239. The smallest absolute Gasteiger partial charge is 0.142 e. The molecule has 0 aliphatic rings. The number of aromatic nitrogens is 2. The van der Waals surface area contributed by atoms with Crippen LogP contribution >= 0.6 is 27.5 Å². The van der Waals surface area contributed by atoms with E-state index in [-0.39, 0.29) is 6.04 Å². The van der Waals surface area contributed by atoms with Gasteiger partial charge in [0.1, 0.15) is 16.0 Å². The highest BCUT2D eigenvalue weighted by Gasteiger charge is 2.22. The second-order valence-electron chi connectivity index (χ2n) is 3.62. The fraction of sp³-hybridized carbons (Fsp3) is 0.273. The van der Waals surface area contributed by atoms with Crippen LogP contribution in [0.5, 0.6) is 11.5 Å². The van der Waals surface area contributed by atoms with Gasteiger partial charge in [-0.25, -0.2) is 5.43 Å². The molecule has 1 atom stereocenters. The van der Waals surface area contributed by atoms with E-state index in [2.05, 4.69) is 30.9 Å². The summed E-state index contributed by atoms with van der Waals surface area (Å²) in [5, 5.41) is 3.82. The first kappa shape index (κ1) is 14.2. The molecule has 0 spiro atoms. The third kappa shape index (κ3) is 2.71. The Hall–Kier alpha value is -1.22. The second-order valence-corrected chi connectivity index (χ2v) is 5.23. The number of hydrogen-bond donors (Lipinski definition) is 2. The van der Waals surface area contributed by atoms with E-state index in [0.717, 1.165) is 14.9 Å².